The maximum absolute atomic E-state index is 13.0. The van der Waals surface area contributed by atoms with E-state index >= 15 is 0 Å². The Morgan fingerprint density at radius 1 is 1.24 bits per heavy atom. The number of carbonyl (C=O) groups is 2. The Balaban J connectivity index is 1.42. The lowest BCUT2D eigenvalue weighted by Gasteiger charge is -2.31. The summed E-state index contributed by atoms with van der Waals surface area (Å²) >= 11 is 1.22. The number of thiophene rings is 1. The molecule has 0 unspecified atom stereocenters. The van der Waals surface area contributed by atoms with Crippen molar-refractivity contribution in [1.29, 1.82) is 0 Å². The first-order valence-electron chi connectivity index (χ1n) is 9.26. The van der Waals surface area contributed by atoms with Crippen LogP contribution in [0.3, 0.4) is 0 Å². The molecule has 1 fully saturated rings. The van der Waals surface area contributed by atoms with Crippen molar-refractivity contribution in [3.05, 3.63) is 57.2 Å². The molecule has 0 aliphatic carbocycles. The number of amides is 2. The predicted molar refractivity (Wildman–Crippen MR) is 109 cm³/mol. The third-order valence-electron chi connectivity index (χ3n) is 5.19. The number of rotatable bonds is 3. The summed E-state index contributed by atoms with van der Waals surface area (Å²) in [6.45, 7) is 2.67. The van der Waals surface area contributed by atoms with Crippen LogP contribution in [0.15, 0.2) is 35.4 Å². The molecule has 2 aromatic heterocycles. The number of nitrogens with zero attached hydrogens (tertiary/aromatic N) is 2. The lowest BCUT2D eigenvalue weighted by molar-refractivity contribution is -0.121. The summed E-state index contributed by atoms with van der Waals surface area (Å²) in [6.07, 6.45) is 2.42. The highest BCUT2D eigenvalue weighted by Gasteiger charge is 2.30. The zero-order valence-corrected chi connectivity index (χ0v) is 16.5. The summed E-state index contributed by atoms with van der Waals surface area (Å²) in [4.78, 5) is 46.9. The number of H-pyrrole nitrogens is 1. The van der Waals surface area contributed by atoms with E-state index in [-0.39, 0.29) is 29.1 Å². The van der Waals surface area contributed by atoms with Gasteiger partial charge < -0.3 is 15.2 Å². The SMILES string of the molecule is Cc1c(C(=O)N2CCC(C(=O)Nc3ccc(F)cc3)CC2)sc2nc[nH]c(=O)c12. The number of benzene rings is 1. The van der Waals surface area contributed by atoms with Crippen molar-refractivity contribution >= 4 is 39.1 Å². The van der Waals surface area contributed by atoms with E-state index in [0.717, 1.165) is 0 Å². The maximum atomic E-state index is 13.0. The largest absolute Gasteiger partial charge is 0.338 e. The molecule has 0 radical (unpaired) electrons. The molecule has 0 atom stereocenters. The highest BCUT2D eigenvalue weighted by Crippen LogP contribution is 2.29. The molecule has 1 saturated heterocycles. The Morgan fingerprint density at radius 2 is 1.93 bits per heavy atom. The van der Waals surface area contributed by atoms with Crippen molar-refractivity contribution in [1.82, 2.24) is 14.9 Å². The molecule has 0 saturated carbocycles. The van der Waals surface area contributed by atoms with Gasteiger partial charge in [0, 0.05) is 24.7 Å². The smallest absolute Gasteiger partial charge is 0.264 e. The second-order valence-electron chi connectivity index (χ2n) is 7.03. The molecule has 2 N–H and O–H groups in total. The molecule has 2 amide bonds. The van der Waals surface area contributed by atoms with Crippen molar-refractivity contribution in [2.45, 2.75) is 19.8 Å². The van der Waals surface area contributed by atoms with Gasteiger partial charge in [0.1, 0.15) is 10.6 Å². The third-order valence-corrected chi connectivity index (χ3v) is 6.38. The summed E-state index contributed by atoms with van der Waals surface area (Å²) in [7, 11) is 0. The molecule has 3 aromatic rings. The van der Waals surface area contributed by atoms with E-state index in [1.807, 2.05) is 0 Å². The van der Waals surface area contributed by atoms with Crippen LogP contribution in [-0.2, 0) is 4.79 Å². The van der Waals surface area contributed by atoms with Crippen molar-refractivity contribution < 1.29 is 14.0 Å². The normalized spacial score (nSPS) is 14.9. The summed E-state index contributed by atoms with van der Waals surface area (Å²) in [5, 5.41) is 3.25. The number of hydrogen-bond acceptors (Lipinski definition) is 5. The molecule has 7 nitrogen and oxygen atoms in total. The van der Waals surface area contributed by atoms with E-state index in [4.69, 9.17) is 0 Å². The van der Waals surface area contributed by atoms with E-state index in [9.17, 15) is 18.8 Å². The molecule has 3 heterocycles. The fourth-order valence-corrected chi connectivity index (χ4v) is 4.67. The summed E-state index contributed by atoms with van der Waals surface area (Å²) in [6, 6.07) is 5.63. The summed E-state index contributed by atoms with van der Waals surface area (Å²) in [5.41, 5.74) is 0.938. The Hall–Kier alpha value is -3.07. The molecule has 1 aliphatic rings. The van der Waals surface area contributed by atoms with Crippen LogP contribution >= 0.6 is 11.3 Å². The molecular formula is C20H19FN4O3S. The number of aromatic nitrogens is 2. The van der Waals surface area contributed by atoms with Gasteiger partial charge in [-0.3, -0.25) is 14.4 Å². The number of aryl methyl sites for hydroxylation is 1. The molecule has 1 aliphatic heterocycles. The van der Waals surface area contributed by atoms with E-state index in [1.165, 1.54) is 41.9 Å². The number of halogens is 1. The van der Waals surface area contributed by atoms with Crippen LogP contribution in [0.25, 0.3) is 10.2 Å². The standard InChI is InChI=1S/C20H19FN4O3S/c1-11-15-18(27)22-10-23-19(15)29-16(11)20(28)25-8-6-12(7-9-25)17(26)24-14-4-2-13(21)3-5-14/h2-5,10,12H,6-9H2,1H3,(H,24,26)(H,22,23,27). The monoisotopic (exact) mass is 414 g/mol. The number of anilines is 1. The topological polar surface area (TPSA) is 95.2 Å². The van der Waals surface area contributed by atoms with Crippen molar-refractivity contribution in [2.75, 3.05) is 18.4 Å². The molecule has 0 spiro atoms. The van der Waals surface area contributed by atoms with Crippen LogP contribution in [0.4, 0.5) is 10.1 Å². The van der Waals surface area contributed by atoms with Gasteiger partial charge in [-0.05, 0) is 49.6 Å². The minimum absolute atomic E-state index is 0.127. The maximum Gasteiger partial charge on any atom is 0.264 e. The highest BCUT2D eigenvalue weighted by molar-refractivity contribution is 7.20. The van der Waals surface area contributed by atoms with Crippen LogP contribution in [0.2, 0.25) is 0 Å². The number of fused-ring (bicyclic) bond motifs is 1. The lowest BCUT2D eigenvalue weighted by Crippen LogP contribution is -2.41. The van der Waals surface area contributed by atoms with Crippen LogP contribution in [0, 0.1) is 18.7 Å². The minimum Gasteiger partial charge on any atom is -0.338 e. The fourth-order valence-electron chi connectivity index (χ4n) is 3.55. The van der Waals surface area contributed by atoms with Gasteiger partial charge in [-0.15, -0.1) is 11.3 Å². The van der Waals surface area contributed by atoms with E-state index in [0.29, 0.717) is 52.3 Å². The average molecular weight is 414 g/mol. The van der Waals surface area contributed by atoms with Gasteiger partial charge in [-0.25, -0.2) is 9.37 Å². The van der Waals surface area contributed by atoms with Gasteiger partial charge in [0.25, 0.3) is 11.5 Å². The zero-order chi connectivity index (χ0) is 20.5. The number of likely N-dealkylation sites (tertiary alicyclic amines) is 1. The van der Waals surface area contributed by atoms with Crippen LogP contribution in [0.5, 0.6) is 0 Å². The number of piperidine rings is 1. The second kappa shape index (κ2) is 7.75. The van der Waals surface area contributed by atoms with E-state index < -0.39 is 0 Å². The molecule has 150 valence electrons. The van der Waals surface area contributed by atoms with Gasteiger partial charge >= 0.3 is 0 Å². The molecule has 1 aromatic carbocycles. The van der Waals surface area contributed by atoms with Crippen LogP contribution < -0.4 is 10.9 Å². The van der Waals surface area contributed by atoms with Crippen molar-refractivity contribution in [2.24, 2.45) is 5.92 Å². The Labute approximate surface area is 169 Å². The lowest BCUT2D eigenvalue weighted by atomic mass is 9.95. The first-order valence-corrected chi connectivity index (χ1v) is 10.1. The van der Waals surface area contributed by atoms with E-state index in [2.05, 4.69) is 15.3 Å². The number of hydrogen-bond donors (Lipinski definition) is 2. The number of nitrogens with one attached hydrogen (secondary N) is 2. The fraction of sp³-hybridized carbons (Fsp3) is 0.300. The Kier molecular flexibility index (Phi) is 5.14. The van der Waals surface area contributed by atoms with Crippen LogP contribution in [0.1, 0.15) is 28.1 Å². The number of aromatic amines is 1. The quantitative estimate of drug-likeness (QED) is 0.689. The minimum atomic E-state index is -0.358. The Bertz CT molecular complexity index is 1130. The molecule has 4 rings (SSSR count). The first-order chi connectivity index (χ1) is 13.9. The molecular weight excluding hydrogens is 395 g/mol. The molecule has 9 heteroatoms. The second-order valence-corrected chi connectivity index (χ2v) is 8.03. The predicted octanol–water partition coefficient (Wildman–Crippen LogP) is 2.92. The van der Waals surface area contributed by atoms with Gasteiger partial charge in [0.15, 0.2) is 0 Å². The van der Waals surface area contributed by atoms with Gasteiger partial charge in [0.2, 0.25) is 5.91 Å². The Morgan fingerprint density at radius 3 is 2.59 bits per heavy atom. The molecule has 29 heavy (non-hydrogen) atoms. The first kappa shape index (κ1) is 19.3. The number of carbonyl (C=O) groups excluding carboxylic acids is 2. The van der Waals surface area contributed by atoms with Gasteiger partial charge in [0.05, 0.1) is 16.6 Å². The summed E-state index contributed by atoms with van der Waals surface area (Å²) < 4.78 is 13.0. The van der Waals surface area contributed by atoms with Gasteiger partial charge in [-0.2, -0.15) is 0 Å². The van der Waals surface area contributed by atoms with Gasteiger partial charge in [-0.1, -0.05) is 0 Å². The molecule has 0 bridgehead atoms. The van der Waals surface area contributed by atoms with Crippen LogP contribution in [-0.4, -0.2) is 39.8 Å². The average Bonchev–Trinajstić information content (AvgIpc) is 3.07. The van der Waals surface area contributed by atoms with Crippen molar-refractivity contribution in [3.8, 4) is 0 Å². The van der Waals surface area contributed by atoms with E-state index in [1.54, 1.807) is 11.8 Å². The van der Waals surface area contributed by atoms with Crippen molar-refractivity contribution in [3.63, 3.8) is 0 Å². The highest BCUT2D eigenvalue weighted by atomic mass is 32.1. The zero-order valence-electron chi connectivity index (χ0n) is 15.7. The summed E-state index contributed by atoms with van der Waals surface area (Å²) in [5.74, 6) is -0.833. The third kappa shape index (κ3) is 3.77.